The number of Topliss-reactive ketones (excluding diaryl/α,β-unsaturated/α-hetero) is 1. The predicted molar refractivity (Wildman–Crippen MR) is 130 cm³/mol. The van der Waals surface area contributed by atoms with Crippen LogP contribution in [0.5, 0.6) is 0 Å². The van der Waals surface area contributed by atoms with E-state index in [4.69, 9.17) is 21.1 Å². The second-order valence-electron chi connectivity index (χ2n) is 8.20. The third kappa shape index (κ3) is 5.51. The van der Waals surface area contributed by atoms with E-state index in [-0.39, 0.29) is 11.9 Å². The van der Waals surface area contributed by atoms with Gasteiger partial charge in [0, 0.05) is 47.8 Å². The van der Waals surface area contributed by atoms with E-state index >= 15 is 0 Å². The van der Waals surface area contributed by atoms with E-state index in [1.807, 2.05) is 44.2 Å². The molecule has 1 atom stereocenters. The number of hydrogen-bond acceptors (Lipinski definition) is 6. The first-order chi connectivity index (χ1) is 16.0. The molecule has 1 aliphatic rings. The highest BCUT2D eigenvalue weighted by molar-refractivity contribution is 7.99. The smallest absolute Gasteiger partial charge is 0.192 e. The molecular weight excluding hydrogens is 460 g/mol. The van der Waals surface area contributed by atoms with Gasteiger partial charge in [0.15, 0.2) is 16.8 Å². The zero-order valence-corrected chi connectivity index (χ0v) is 20.8. The van der Waals surface area contributed by atoms with Crippen molar-refractivity contribution >= 4 is 29.1 Å². The Morgan fingerprint density at radius 3 is 2.73 bits per heavy atom. The van der Waals surface area contributed by atoms with E-state index in [0.717, 1.165) is 59.5 Å². The first kappa shape index (κ1) is 24.0. The molecule has 3 heterocycles. The highest BCUT2D eigenvalue weighted by atomic mass is 35.5. The van der Waals surface area contributed by atoms with Gasteiger partial charge in [-0.05, 0) is 57.0 Å². The average molecular weight is 489 g/mol. The highest BCUT2D eigenvalue weighted by Crippen LogP contribution is 2.28. The molecule has 0 radical (unpaired) electrons. The van der Waals surface area contributed by atoms with Gasteiger partial charge in [-0.3, -0.25) is 9.36 Å². The predicted octanol–water partition coefficient (Wildman–Crippen LogP) is 4.82. The summed E-state index contributed by atoms with van der Waals surface area (Å²) in [5.74, 6) is 1.13. The van der Waals surface area contributed by atoms with Crippen LogP contribution in [0.25, 0.3) is 11.4 Å². The Balaban J connectivity index is 1.54. The zero-order valence-electron chi connectivity index (χ0n) is 19.2. The second-order valence-corrected chi connectivity index (χ2v) is 9.58. The van der Waals surface area contributed by atoms with Crippen molar-refractivity contribution < 1.29 is 14.3 Å². The van der Waals surface area contributed by atoms with E-state index in [0.29, 0.717) is 23.9 Å². The molecule has 1 fully saturated rings. The molecule has 0 spiro atoms. The van der Waals surface area contributed by atoms with Crippen molar-refractivity contribution in [2.24, 2.45) is 0 Å². The topological polar surface area (TPSA) is 71.2 Å². The fraction of sp³-hybridized carbons (Fsp3) is 0.458. The van der Waals surface area contributed by atoms with Gasteiger partial charge in [0.2, 0.25) is 0 Å². The summed E-state index contributed by atoms with van der Waals surface area (Å²) >= 11 is 7.48. The number of aromatic nitrogens is 4. The molecule has 2 aromatic heterocycles. The fourth-order valence-corrected chi connectivity index (χ4v) is 5.14. The summed E-state index contributed by atoms with van der Waals surface area (Å²) in [6.45, 7) is 6.78. The molecule has 7 nitrogen and oxygen atoms in total. The Morgan fingerprint density at radius 2 is 2.03 bits per heavy atom. The lowest BCUT2D eigenvalue weighted by atomic mass is 10.2. The van der Waals surface area contributed by atoms with Crippen LogP contribution in [0.2, 0.25) is 5.02 Å². The van der Waals surface area contributed by atoms with Crippen LogP contribution in [0, 0.1) is 13.8 Å². The molecule has 0 amide bonds. The van der Waals surface area contributed by atoms with Crippen molar-refractivity contribution in [1.29, 1.82) is 0 Å². The van der Waals surface area contributed by atoms with Crippen LogP contribution in [0.1, 0.15) is 34.6 Å². The minimum absolute atomic E-state index is 0.0801. The summed E-state index contributed by atoms with van der Waals surface area (Å²) in [5.41, 5.74) is 3.71. The number of thioether (sulfide) groups is 1. The molecule has 176 valence electrons. The van der Waals surface area contributed by atoms with Crippen molar-refractivity contribution in [3.63, 3.8) is 0 Å². The number of halogens is 1. The van der Waals surface area contributed by atoms with Crippen LogP contribution in [0.3, 0.4) is 0 Å². The molecule has 3 aromatic rings. The van der Waals surface area contributed by atoms with Gasteiger partial charge in [0.05, 0.1) is 25.0 Å². The van der Waals surface area contributed by atoms with Gasteiger partial charge >= 0.3 is 0 Å². The number of carbonyl (C=O) groups excluding carboxylic acids is 1. The monoisotopic (exact) mass is 488 g/mol. The highest BCUT2D eigenvalue weighted by Gasteiger charge is 2.23. The Morgan fingerprint density at radius 1 is 1.24 bits per heavy atom. The van der Waals surface area contributed by atoms with Crippen molar-refractivity contribution in [2.75, 3.05) is 26.1 Å². The van der Waals surface area contributed by atoms with Crippen molar-refractivity contribution in [3.8, 4) is 11.4 Å². The molecule has 0 saturated carbocycles. The normalized spacial score (nSPS) is 15.9. The Hall–Kier alpha value is -2.13. The maximum atomic E-state index is 13.1. The number of aryl methyl sites for hydroxylation is 1. The molecule has 1 unspecified atom stereocenters. The zero-order chi connectivity index (χ0) is 23.4. The maximum absolute atomic E-state index is 13.1. The van der Waals surface area contributed by atoms with Gasteiger partial charge < -0.3 is 14.0 Å². The average Bonchev–Trinajstić information content (AvgIpc) is 3.52. The van der Waals surface area contributed by atoms with Gasteiger partial charge in [0.25, 0.3) is 0 Å². The summed E-state index contributed by atoms with van der Waals surface area (Å²) in [6.07, 6.45) is 2.19. The van der Waals surface area contributed by atoms with E-state index in [9.17, 15) is 4.79 Å². The Labute approximate surface area is 203 Å². The number of ketones is 1. The minimum Gasteiger partial charge on any atom is -0.383 e. The number of benzene rings is 1. The van der Waals surface area contributed by atoms with Gasteiger partial charge in [-0.15, -0.1) is 10.2 Å². The lowest BCUT2D eigenvalue weighted by Gasteiger charge is -2.14. The van der Waals surface area contributed by atoms with Gasteiger partial charge in [0.1, 0.15) is 0 Å². The lowest BCUT2D eigenvalue weighted by Crippen LogP contribution is -2.17. The molecular formula is C24H29ClN4O3S. The third-order valence-corrected chi connectivity index (χ3v) is 7.17. The number of carbonyl (C=O) groups is 1. The third-order valence-electron chi connectivity index (χ3n) is 5.95. The summed E-state index contributed by atoms with van der Waals surface area (Å²) in [5, 5.41) is 10.3. The van der Waals surface area contributed by atoms with Crippen molar-refractivity contribution in [1.82, 2.24) is 19.3 Å². The van der Waals surface area contributed by atoms with Crippen LogP contribution < -0.4 is 0 Å². The van der Waals surface area contributed by atoms with Gasteiger partial charge in [-0.2, -0.15) is 0 Å². The molecule has 0 aliphatic carbocycles. The number of ether oxygens (including phenoxy) is 2. The first-order valence-corrected chi connectivity index (χ1v) is 12.5. The summed E-state index contributed by atoms with van der Waals surface area (Å²) in [6, 6.07) is 9.53. The number of methoxy groups -OCH3 is 1. The molecule has 4 rings (SSSR count). The fourth-order valence-electron chi connectivity index (χ4n) is 4.18. The Bertz CT molecular complexity index is 1100. The minimum atomic E-state index is 0.0801. The summed E-state index contributed by atoms with van der Waals surface area (Å²) in [4.78, 5) is 13.1. The summed E-state index contributed by atoms with van der Waals surface area (Å²) in [7, 11) is 1.68. The van der Waals surface area contributed by atoms with Crippen molar-refractivity contribution in [3.05, 3.63) is 52.3 Å². The molecule has 1 saturated heterocycles. The quantitative estimate of drug-likeness (QED) is 0.301. The number of hydrogen-bond donors (Lipinski definition) is 0. The molecule has 0 N–H and O–H groups in total. The maximum Gasteiger partial charge on any atom is 0.192 e. The lowest BCUT2D eigenvalue weighted by molar-refractivity contribution is 0.0953. The second kappa shape index (κ2) is 10.9. The van der Waals surface area contributed by atoms with Crippen LogP contribution in [-0.2, 0) is 22.6 Å². The van der Waals surface area contributed by atoms with E-state index in [1.165, 1.54) is 11.8 Å². The molecule has 33 heavy (non-hydrogen) atoms. The number of nitrogens with zero attached hydrogens (tertiary/aromatic N) is 4. The van der Waals surface area contributed by atoms with Gasteiger partial charge in [-0.1, -0.05) is 23.4 Å². The van der Waals surface area contributed by atoms with E-state index in [1.54, 1.807) is 7.11 Å². The largest absolute Gasteiger partial charge is 0.383 e. The van der Waals surface area contributed by atoms with Gasteiger partial charge in [-0.25, -0.2) is 0 Å². The molecule has 1 aliphatic heterocycles. The standard InChI is InChI=1S/C24H29ClN4O3S/c1-16-13-21(17(2)28(16)10-12-31-3)22(30)15-33-24-27-26-23(18-6-8-19(25)9-7-18)29(24)14-20-5-4-11-32-20/h6-9,13,20H,4-5,10-12,14-15H2,1-3H3. The van der Waals surface area contributed by atoms with Crippen LogP contribution in [-0.4, -0.2) is 57.3 Å². The van der Waals surface area contributed by atoms with E-state index in [2.05, 4.69) is 19.3 Å². The van der Waals surface area contributed by atoms with E-state index < -0.39 is 0 Å². The van der Waals surface area contributed by atoms with Crippen LogP contribution >= 0.6 is 23.4 Å². The SMILES string of the molecule is COCCn1c(C)cc(C(=O)CSc2nnc(-c3ccc(Cl)cc3)n2CC2CCCO2)c1C. The molecule has 1 aromatic carbocycles. The first-order valence-electron chi connectivity index (χ1n) is 11.1. The molecule has 0 bridgehead atoms. The van der Waals surface area contributed by atoms with Crippen molar-refractivity contribution in [2.45, 2.75) is 51.0 Å². The van der Waals surface area contributed by atoms with Crippen LogP contribution in [0.15, 0.2) is 35.5 Å². The Kier molecular flexibility index (Phi) is 7.90. The molecule has 9 heteroatoms. The van der Waals surface area contributed by atoms with Crippen LogP contribution in [0.4, 0.5) is 0 Å². The summed E-state index contributed by atoms with van der Waals surface area (Å²) < 4.78 is 15.3. The number of rotatable bonds is 10.